The maximum Gasteiger partial charge on any atom is 0.242 e. The van der Waals surface area contributed by atoms with Crippen molar-refractivity contribution in [2.45, 2.75) is 24.9 Å². The Hall–Kier alpha value is -0.910. The molecule has 0 saturated carbocycles. The largest absolute Gasteiger partial charge is 0.381 e. The number of rotatable bonds is 3. The van der Waals surface area contributed by atoms with Crippen molar-refractivity contribution in [3.8, 4) is 0 Å². The smallest absolute Gasteiger partial charge is 0.242 e. The Morgan fingerprint density at radius 2 is 1.95 bits per heavy atom. The lowest BCUT2D eigenvalue weighted by molar-refractivity contribution is -0.139. The molecule has 1 aliphatic heterocycles. The van der Waals surface area contributed by atoms with Gasteiger partial charge in [0.2, 0.25) is 5.91 Å². The zero-order chi connectivity index (χ0) is 13.9. The number of likely N-dealkylation sites (N-methyl/N-ethyl adjacent to an activating group) is 1. The number of carbonyl (C=O) groups is 1. The van der Waals surface area contributed by atoms with E-state index in [1.54, 1.807) is 11.9 Å². The summed E-state index contributed by atoms with van der Waals surface area (Å²) < 4.78 is 6.30. The molecule has 0 spiro atoms. The topological polar surface area (TPSA) is 55.6 Å². The van der Waals surface area contributed by atoms with Crippen LogP contribution in [0.2, 0.25) is 0 Å². The number of nitrogens with zero attached hydrogens (tertiary/aromatic N) is 1. The lowest BCUT2D eigenvalue weighted by Crippen LogP contribution is -2.57. The first-order chi connectivity index (χ1) is 9.01. The Morgan fingerprint density at radius 3 is 2.53 bits per heavy atom. The highest BCUT2D eigenvalue weighted by molar-refractivity contribution is 9.10. The van der Waals surface area contributed by atoms with Crippen molar-refractivity contribution in [1.82, 2.24) is 4.90 Å². The number of benzene rings is 1. The van der Waals surface area contributed by atoms with Crippen molar-refractivity contribution in [2.24, 2.45) is 5.73 Å². The first-order valence-corrected chi connectivity index (χ1v) is 7.17. The van der Waals surface area contributed by atoms with E-state index < -0.39 is 5.54 Å². The van der Waals surface area contributed by atoms with Gasteiger partial charge in [-0.2, -0.15) is 0 Å². The van der Waals surface area contributed by atoms with Gasteiger partial charge in [-0.15, -0.1) is 0 Å². The van der Waals surface area contributed by atoms with Crippen LogP contribution in [-0.2, 0) is 16.1 Å². The van der Waals surface area contributed by atoms with E-state index in [1.165, 1.54) is 0 Å². The van der Waals surface area contributed by atoms with Gasteiger partial charge < -0.3 is 15.4 Å². The zero-order valence-electron chi connectivity index (χ0n) is 11.1. The summed E-state index contributed by atoms with van der Waals surface area (Å²) in [5.74, 6) is -0.00119. The van der Waals surface area contributed by atoms with E-state index in [0.29, 0.717) is 32.6 Å². The maximum absolute atomic E-state index is 12.4. The molecule has 19 heavy (non-hydrogen) atoms. The van der Waals surface area contributed by atoms with E-state index in [0.717, 1.165) is 10.0 Å². The Kier molecular flexibility index (Phi) is 4.60. The second kappa shape index (κ2) is 6.03. The maximum atomic E-state index is 12.4. The molecule has 5 heteroatoms. The van der Waals surface area contributed by atoms with E-state index in [9.17, 15) is 4.79 Å². The lowest BCUT2D eigenvalue weighted by atomic mass is 9.89. The Balaban J connectivity index is 2.00. The summed E-state index contributed by atoms with van der Waals surface area (Å²) in [6, 6.07) is 7.95. The highest BCUT2D eigenvalue weighted by Gasteiger charge is 2.37. The van der Waals surface area contributed by atoms with Crippen molar-refractivity contribution in [3.05, 3.63) is 34.3 Å². The van der Waals surface area contributed by atoms with Crippen LogP contribution in [0.25, 0.3) is 0 Å². The van der Waals surface area contributed by atoms with Crippen LogP contribution in [0.3, 0.4) is 0 Å². The average molecular weight is 327 g/mol. The first-order valence-electron chi connectivity index (χ1n) is 6.38. The minimum atomic E-state index is -0.762. The predicted molar refractivity (Wildman–Crippen MR) is 77.6 cm³/mol. The van der Waals surface area contributed by atoms with Crippen LogP contribution < -0.4 is 5.73 Å². The Labute approximate surface area is 122 Å². The Bertz CT molecular complexity index is 441. The molecule has 0 aromatic heterocycles. The zero-order valence-corrected chi connectivity index (χ0v) is 12.6. The number of halogens is 1. The first kappa shape index (κ1) is 14.5. The summed E-state index contributed by atoms with van der Waals surface area (Å²) in [7, 11) is 1.80. The van der Waals surface area contributed by atoms with Crippen LogP contribution in [0.5, 0.6) is 0 Å². The van der Waals surface area contributed by atoms with Gasteiger partial charge >= 0.3 is 0 Å². The molecule has 1 amide bonds. The fourth-order valence-electron chi connectivity index (χ4n) is 2.27. The Morgan fingerprint density at radius 1 is 1.37 bits per heavy atom. The number of hydrogen-bond donors (Lipinski definition) is 1. The number of ether oxygens (including phenoxy) is 1. The molecule has 1 heterocycles. The molecule has 1 aromatic rings. The molecule has 104 valence electrons. The number of carbonyl (C=O) groups excluding carboxylic acids is 1. The number of amides is 1. The normalized spacial score (nSPS) is 18.1. The van der Waals surface area contributed by atoms with Crippen LogP contribution >= 0.6 is 15.9 Å². The summed E-state index contributed by atoms with van der Waals surface area (Å²) in [4.78, 5) is 14.1. The highest BCUT2D eigenvalue weighted by Crippen LogP contribution is 2.21. The van der Waals surface area contributed by atoms with Crippen LogP contribution in [0.4, 0.5) is 0 Å². The summed E-state index contributed by atoms with van der Waals surface area (Å²) in [5, 5.41) is 0. The third-order valence-corrected chi connectivity index (χ3v) is 4.02. The van der Waals surface area contributed by atoms with Gasteiger partial charge in [0.15, 0.2) is 0 Å². The second-order valence-electron chi connectivity index (χ2n) is 5.06. The summed E-state index contributed by atoms with van der Waals surface area (Å²) in [6.45, 7) is 1.70. The van der Waals surface area contributed by atoms with E-state index in [4.69, 9.17) is 10.5 Å². The van der Waals surface area contributed by atoms with Gasteiger partial charge in [0.05, 0.1) is 5.54 Å². The quantitative estimate of drug-likeness (QED) is 0.923. The molecule has 0 radical (unpaired) electrons. The minimum Gasteiger partial charge on any atom is -0.381 e. The van der Waals surface area contributed by atoms with Crippen LogP contribution in [0.1, 0.15) is 18.4 Å². The van der Waals surface area contributed by atoms with Gasteiger partial charge in [0.25, 0.3) is 0 Å². The van der Waals surface area contributed by atoms with Crippen LogP contribution in [-0.4, -0.2) is 36.6 Å². The molecule has 1 aromatic carbocycles. The van der Waals surface area contributed by atoms with Gasteiger partial charge in [0, 0.05) is 31.3 Å². The summed E-state index contributed by atoms with van der Waals surface area (Å²) >= 11 is 3.40. The van der Waals surface area contributed by atoms with Gasteiger partial charge in [-0.05, 0) is 30.5 Å². The molecule has 2 N–H and O–H groups in total. The molecule has 2 rings (SSSR count). The van der Waals surface area contributed by atoms with E-state index in [-0.39, 0.29) is 5.91 Å². The van der Waals surface area contributed by atoms with Gasteiger partial charge in [-0.25, -0.2) is 0 Å². The molecule has 0 atom stereocenters. The average Bonchev–Trinajstić information content (AvgIpc) is 2.41. The SMILES string of the molecule is CN(Cc1ccc(Br)cc1)C(=O)C1(N)CCOCC1. The van der Waals surface area contributed by atoms with E-state index in [2.05, 4.69) is 15.9 Å². The number of hydrogen-bond acceptors (Lipinski definition) is 3. The standard InChI is InChI=1S/C14H19BrN2O2/c1-17(10-11-2-4-12(15)5-3-11)13(18)14(16)6-8-19-9-7-14/h2-5H,6-10,16H2,1H3. The minimum absolute atomic E-state index is 0.00119. The third kappa shape index (κ3) is 3.55. The third-order valence-electron chi connectivity index (χ3n) is 3.49. The summed E-state index contributed by atoms with van der Waals surface area (Å²) in [5.41, 5.74) is 6.53. The van der Waals surface area contributed by atoms with Crippen molar-refractivity contribution in [1.29, 1.82) is 0 Å². The van der Waals surface area contributed by atoms with Gasteiger partial charge in [-0.1, -0.05) is 28.1 Å². The molecule has 0 unspecified atom stereocenters. The molecule has 4 nitrogen and oxygen atoms in total. The fourth-order valence-corrected chi connectivity index (χ4v) is 2.53. The van der Waals surface area contributed by atoms with Crippen molar-refractivity contribution < 1.29 is 9.53 Å². The van der Waals surface area contributed by atoms with Crippen molar-refractivity contribution in [2.75, 3.05) is 20.3 Å². The molecular formula is C14H19BrN2O2. The monoisotopic (exact) mass is 326 g/mol. The van der Waals surface area contributed by atoms with Gasteiger partial charge in [0.1, 0.15) is 0 Å². The molecule has 1 fully saturated rings. The molecule has 0 aliphatic carbocycles. The molecule has 0 bridgehead atoms. The second-order valence-corrected chi connectivity index (χ2v) is 5.97. The van der Waals surface area contributed by atoms with E-state index in [1.807, 2.05) is 24.3 Å². The highest BCUT2D eigenvalue weighted by atomic mass is 79.9. The number of nitrogens with two attached hydrogens (primary N) is 1. The predicted octanol–water partition coefficient (Wildman–Crippen LogP) is 1.92. The summed E-state index contributed by atoms with van der Waals surface area (Å²) in [6.07, 6.45) is 1.19. The lowest BCUT2D eigenvalue weighted by Gasteiger charge is -2.35. The fraction of sp³-hybridized carbons (Fsp3) is 0.500. The van der Waals surface area contributed by atoms with Crippen molar-refractivity contribution >= 4 is 21.8 Å². The van der Waals surface area contributed by atoms with Gasteiger partial charge in [-0.3, -0.25) is 4.79 Å². The van der Waals surface area contributed by atoms with Crippen LogP contribution in [0.15, 0.2) is 28.7 Å². The van der Waals surface area contributed by atoms with Crippen molar-refractivity contribution in [3.63, 3.8) is 0 Å². The molecular weight excluding hydrogens is 308 g/mol. The molecule has 1 aliphatic rings. The van der Waals surface area contributed by atoms with E-state index >= 15 is 0 Å². The van der Waals surface area contributed by atoms with Crippen LogP contribution in [0, 0.1) is 0 Å². The molecule has 1 saturated heterocycles.